The average Bonchev–Trinajstić information content (AvgIpc) is 2.68. The Morgan fingerprint density at radius 3 is 2.31 bits per heavy atom. The zero-order valence-electron chi connectivity index (χ0n) is 15.6. The van der Waals surface area contributed by atoms with E-state index in [1.807, 2.05) is 6.92 Å². The van der Waals surface area contributed by atoms with E-state index in [1.165, 1.54) is 6.42 Å². The molecule has 0 radical (unpaired) electrons. The molecule has 0 bridgehead atoms. The van der Waals surface area contributed by atoms with Crippen molar-refractivity contribution in [3.05, 3.63) is 17.6 Å². The summed E-state index contributed by atoms with van der Waals surface area (Å²) in [7, 11) is 0. The highest BCUT2D eigenvalue weighted by Crippen LogP contribution is 2.19. The van der Waals surface area contributed by atoms with Gasteiger partial charge < -0.3 is 19.4 Å². The summed E-state index contributed by atoms with van der Waals surface area (Å²) in [6.07, 6.45) is 3.24. The van der Waals surface area contributed by atoms with Crippen molar-refractivity contribution in [1.29, 1.82) is 0 Å². The highest BCUT2D eigenvalue weighted by molar-refractivity contribution is 5.93. The highest BCUT2D eigenvalue weighted by Gasteiger charge is 2.27. The van der Waals surface area contributed by atoms with Crippen LogP contribution in [0.15, 0.2) is 6.07 Å². The first-order valence-corrected chi connectivity index (χ1v) is 9.40. The second kappa shape index (κ2) is 8.33. The first-order valence-electron chi connectivity index (χ1n) is 9.40. The predicted molar refractivity (Wildman–Crippen MR) is 97.3 cm³/mol. The van der Waals surface area contributed by atoms with Crippen molar-refractivity contribution in [2.45, 2.75) is 33.1 Å². The minimum Gasteiger partial charge on any atom is -0.450 e. The fourth-order valence-electron chi connectivity index (χ4n) is 3.42. The van der Waals surface area contributed by atoms with Crippen LogP contribution < -0.4 is 4.90 Å². The molecule has 3 heterocycles. The van der Waals surface area contributed by atoms with E-state index in [1.54, 1.807) is 22.8 Å². The molecule has 2 aliphatic rings. The minimum absolute atomic E-state index is 0.0998. The van der Waals surface area contributed by atoms with E-state index in [-0.39, 0.29) is 12.0 Å². The van der Waals surface area contributed by atoms with E-state index in [2.05, 4.69) is 14.9 Å². The molecule has 0 aromatic carbocycles. The fourth-order valence-corrected chi connectivity index (χ4v) is 3.42. The van der Waals surface area contributed by atoms with Gasteiger partial charge in [-0.2, -0.15) is 0 Å². The second-order valence-corrected chi connectivity index (χ2v) is 6.68. The second-order valence-electron chi connectivity index (χ2n) is 6.68. The van der Waals surface area contributed by atoms with Crippen molar-refractivity contribution in [3.8, 4) is 0 Å². The summed E-state index contributed by atoms with van der Waals surface area (Å²) >= 11 is 0. The molecular weight excluding hydrogens is 334 g/mol. The van der Waals surface area contributed by atoms with Crippen molar-refractivity contribution < 1.29 is 14.3 Å². The number of amides is 2. The highest BCUT2D eigenvalue weighted by atomic mass is 16.6. The molecule has 2 amide bonds. The van der Waals surface area contributed by atoms with Crippen LogP contribution in [0.3, 0.4) is 0 Å². The Morgan fingerprint density at radius 2 is 1.65 bits per heavy atom. The SMILES string of the molecule is CCOC(=O)N1CCN(C(=O)c2cc(N3CCCCC3)nc(C)n2)CC1. The summed E-state index contributed by atoms with van der Waals surface area (Å²) < 4.78 is 5.02. The summed E-state index contributed by atoms with van der Waals surface area (Å²) in [5, 5.41) is 0. The maximum Gasteiger partial charge on any atom is 0.409 e. The normalized spacial score (nSPS) is 18.0. The Morgan fingerprint density at radius 1 is 1.00 bits per heavy atom. The quantitative estimate of drug-likeness (QED) is 0.815. The molecule has 2 aliphatic heterocycles. The lowest BCUT2D eigenvalue weighted by atomic mass is 10.1. The molecule has 3 rings (SSSR count). The van der Waals surface area contributed by atoms with Crippen molar-refractivity contribution >= 4 is 17.8 Å². The van der Waals surface area contributed by atoms with Crippen LogP contribution in [0.5, 0.6) is 0 Å². The van der Waals surface area contributed by atoms with Gasteiger partial charge in [0.15, 0.2) is 0 Å². The van der Waals surface area contributed by atoms with Gasteiger partial charge in [0.05, 0.1) is 6.61 Å². The van der Waals surface area contributed by atoms with Crippen LogP contribution in [0, 0.1) is 6.92 Å². The van der Waals surface area contributed by atoms with E-state index in [4.69, 9.17) is 4.74 Å². The topological polar surface area (TPSA) is 78.9 Å². The molecule has 26 heavy (non-hydrogen) atoms. The summed E-state index contributed by atoms with van der Waals surface area (Å²) in [5.74, 6) is 1.35. The number of ether oxygens (including phenoxy) is 1. The van der Waals surface area contributed by atoms with Gasteiger partial charge in [0.1, 0.15) is 17.3 Å². The molecule has 0 atom stereocenters. The lowest BCUT2D eigenvalue weighted by Gasteiger charge is -2.34. The van der Waals surface area contributed by atoms with E-state index in [9.17, 15) is 9.59 Å². The van der Waals surface area contributed by atoms with Gasteiger partial charge in [-0.05, 0) is 33.1 Å². The molecular formula is C18H27N5O3. The molecule has 142 valence electrons. The number of carbonyl (C=O) groups excluding carboxylic acids is 2. The molecule has 2 saturated heterocycles. The Bertz CT molecular complexity index is 652. The van der Waals surface area contributed by atoms with Crippen molar-refractivity contribution in [2.24, 2.45) is 0 Å². The van der Waals surface area contributed by atoms with Crippen LogP contribution in [0.2, 0.25) is 0 Å². The molecule has 0 N–H and O–H groups in total. The molecule has 0 unspecified atom stereocenters. The molecule has 1 aromatic rings. The first kappa shape index (κ1) is 18.4. The number of hydrogen-bond donors (Lipinski definition) is 0. The molecule has 8 nitrogen and oxygen atoms in total. The summed E-state index contributed by atoms with van der Waals surface area (Å²) in [6, 6.07) is 1.80. The van der Waals surface area contributed by atoms with E-state index < -0.39 is 0 Å². The number of aromatic nitrogens is 2. The molecule has 0 aliphatic carbocycles. The number of rotatable bonds is 3. The fraction of sp³-hybridized carbons (Fsp3) is 0.667. The number of anilines is 1. The summed E-state index contributed by atoms with van der Waals surface area (Å²) in [5.41, 5.74) is 0.433. The molecule has 2 fully saturated rings. The van der Waals surface area contributed by atoms with Crippen LogP contribution in [-0.2, 0) is 4.74 Å². The third-order valence-corrected chi connectivity index (χ3v) is 4.82. The zero-order valence-corrected chi connectivity index (χ0v) is 15.6. The summed E-state index contributed by atoms with van der Waals surface area (Å²) in [4.78, 5) is 39.1. The Kier molecular flexibility index (Phi) is 5.90. The van der Waals surface area contributed by atoms with Gasteiger partial charge >= 0.3 is 6.09 Å². The molecule has 0 saturated carbocycles. The van der Waals surface area contributed by atoms with Gasteiger partial charge in [0, 0.05) is 45.3 Å². The number of piperazine rings is 1. The number of carbonyl (C=O) groups is 2. The van der Waals surface area contributed by atoms with Gasteiger partial charge in [-0.25, -0.2) is 14.8 Å². The van der Waals surface area contributed by atoms with Gasteiger partial charge in [0.2, 0.25) is 0 Å². The minimum atomic E-state index is -0.315. The van der Waals surface area contributed by atoms with E-state index in [0.717, 1.165) is 31.7 Å². The lowest BCUT2D eigenvalue weighted by molar-refractivity contribution is 0.0565. The van der Waals surface area contributed by atoms with Crippen molar-refractivity contribution in [3.63, 3.8) is 0 Å². The summed E-state index contributed by atoms with van der Waals surface area (Å²) in [6.45, 7) is 7.85. The Balaban J connectivity index is 1.66. The van der Waals surface area contributed by atoms with Gasteiger partial charge in [0.25, 0.3) is 5.91 Å². The maximum absolute atomic E-state index is 12.9. The zero-order chi connectivity index (χ0) is 18.5. The number of nitrogens with zero attached hydrogens (tertiary/aromatic N) is 5. The first-order chi connectivity index (χ1) is 12.6. The van der Waals surface area contributed by atoms with Crippen LogP contribution >= 0.6 is 0 Å². The maximum atomic E-state index is 12.9. The lowest BCUT2D eigenvalue weighted by Crippen LogP contribution is -2.50. The van der Waals surface area contributed by atoms with Crippen LogP contribution in [0.4, 0.5) is 10.6 Å². The molecule has 0 spiro atoms. The molecule has 1 aromatic heterocycles. The Labute approximate surface area is 154 Å². The van der Waals surface area contributed by atoms with Crippen LogP contribution in [0.25, 0.3) is 0 Å². The smallest absolute Gasteiger partial charge is 0.409 e. The monoisotopic (exact) mass is 361 g/mol. The molecule has 8 heteroatoms. The Hall–Kier alpha value is -2.38. The van der Waals surface area contributed by atoms with Gasteiger partial charge in [-0.15, -0.1) is 0 Å². The van der Waals surface area contributed by atoms with Crippen LogP contribution in [-0.4, -0.2) is 77.6 Å². The van der Waals surface area contributed by atoms with Crippen molar-refractivity contribution in [1.82, 2.24) is 19.8 Å². The number of hydrogen-bond acceptors (Lipinski definition) is 6. The van der Waals surface area contributed by atoms with Crippen LogP contribution in [0.1, 0.15) is 42.5 Å². The largest absolute Gasteiger partial charge is 0.450 e. The predicted octanol–water partition coefficient (Wildman–Crippen LogP) is 1.69. The standard InChI is InChI=1S/C18H27N5O3/c1-3-26-18(25)23-11-9-22(10-12-23)17(24)15-13-16(20-14(2)19-15)21-7-5-4-6-8-21/h13H,3-12H2,1-2H3. The van der Waals surface area contributed by atoms with Crippen molar-refractivity contribution in [2.75, 3.05) is 50.8 Å². The number of piperidine rings is 1. The number of aryl methyl sites for hydroxylation is 1. The third kappa shape index (κ3) is 4.23. The average molecular weight is 361 g/mol. The van der Waals surface area contributed by atoms with E-state index >= 15 is 0 Å². The third-order valence-electron chi connectivity index (χ3n) is 4.82. The van der Waals surface area contributed by atoms with Gasteiger partial charge in [-0.1, -0.05) is 0 Å². The van der Waals surface area contributed by atoms with Gasteiger partial charge in [-0.3, -0.25) is 4.79 Å². The van der Waals surface area contributed by atoms with E-state index in [0.29, 0.717) is 44.3 Å².